The standard InChI is InChI=1S/C14H19N3O2S2/c1-10-6-14(20-13(10)9-15-3)21(18,19)17-8-12-4-5-16-7-11(12)2/h4-7,15,17H,8-9H2,1-3H3. The van der Waals surface area contributed by atoms with E-state index in [-0.39, 0.29) is 6.54 Å². The summed E-state index contributed by atoms with van der Waals surface area (Å²) in [4.78, 5) is 5.04. The highest BCUT2D eigenvalue weighted by Gasteiger charge is 2.18. The van der Waals surface area contributed by atoms with Gasteiger partial charge in [-0.05, 0) is 49.7 Å². The van der Waals surface area contributed by atoms with Crippen molar-refractivity contribution in [3.8, 4) is 0 Å². The molecule has 2 heterocycles. The fraction of sp³-hybridized carbons (Fsp3) is 0.357. The van der Waals surface area contributed by atoms with E-state index in [1.165, 1.54) is 11.3 Å². The van der Waals surface area contributed by atoms with Crippen molar-refractivity contribution >= 4 is 21.4 Å². The molecule has 0 saturated heterocycles. The van der Waals surface area contributed by atoms with Crippen molar-refractivity contribution < 1.29 is 8.42 Å². The van der Waals surface area contributed by atoms with E-state index < -0.39 is 10.0 Å². The van der Waals surface area contributed by atoms with E-state index in [2.05, 4.69) is 15.0 Å². The number of aromatic nitrogens is 1. The quantitative estimate of drug-likeness (QED) is 0.852. The van der Waals surface area contributed by atoms with E-state index in [9.17, 15) is 8.42 Å². The van der Waals surface area contributed by atoms with Gasteiger partial charge in [-0.15, -0.1) is 11.3 Å². The zero-order chi connectivity index (χ0) is 15.5. The first kappa shape index (κ1) is 16.1. The van der Waals surface area contributed by atoms with Crippen molar-refractivity contribution in [2.75, 3.05) is 7.05 Å². The predicted molar refractivity (Wildman–Crippen MR) is 84.8 cm³/mol. The Morgan fingerprint density at radius 3 is 2.67 bits per heavy atom. The molecule has 7 heteroatoms. The lowest BCUT2D eigenvalue weighted by atomic mass is 10.2. The normalized spacial score (nSPS) is 11.8. The maximum Gasteiger partial charge on any atom is 0.250 e. The highest BCUT2D eigenvalue weighted by atomic mass is 32.2. The van der Waals surface area contributed by atoms with Crippen LogP contribution in [0.3, 0.4) is 0 Å². The Morgan fingerprint density at radius 2 is 2.00 bits per heavy atom. The molecule has 114 valence electrons. The Hall–Kier alpha value is -1.28. The van der Waals surface area contributed by atoms with Gasteiger partial charge in [0.2, 0.25) is 10.0 Å². The first-order valence-electron chi connectivity index (χ1n) is 6.57. The maximum absolute atomic E-state index is 12.3. The van der Waals surface area contributed by atoms with Gasteiger partial charge in [-0.25, -0.2) is 13.1 Å². The van der Waals surface area contributed by atoms with E-state index in [0.29, 0.717) is 10.8 Å². The average molecular weight is 325 g/mol. The molecule has 0 aromatic carbocycles. The van der Waals surface area contributed by atoms with Crippen LogP contribution in [0.2, 0.25) is 0 Å². The van der Waals surface area contributed by atoms with Crippen molar-refractivity contribution in [3.63, 3.8) is 0 Å². The summed E-state index contributed by atoms with van der Waals surface area (Å²) >= 11 is 1.31. The molecule has 0 unspecified atom stereocenters. The highest BCUT2D eigenvalue weighted by molar-refractivity contribution is 7.91. The number of hydrogen-bond donors (Lipinski definition) is 2. The molecule has 0 spiro atoms. The van der Waals surface area contributed by atoms with E-state index in [0.717, 1.165) is 21.6 Å². The summed E-state index contributed by atoms with van der Waals surface area (Å²) in [5.41, 5.74) is 2.89. The minimum absolute atomic E-state index is 0.273. The van der Waals surface area contributed by atoms with Gasteiger partial charge in [0.05, 0.1) is 0 Å². The van der Waals surface area contributed by atoms with Gasteiger partial charge in [-0.2, -0.15) is 0 Å². The van der Waals surface area contributed by atoms with Crippen LogP contribution in [0, 0.1) is 13.8 Å². The van der Waals surface area contributed by atoms with Crippen molar-refractivity contribution in [2.45, 2.75) is 31.1 Å². The first-order chi connectivity index (χ1) is 9.94. The highest BCUT2D eigenvalue weighted by Crippen LogP contribution is 2.26. The Labute approximate surface area is 129 Å². The van der Waals surface area contributed by atoms with E-state index in [1.54, 1.807) is 18.5 Å². The summed E-state index contributed by atoms with van der Waals surface area (Å²) in [7, 11) is -1.63. The topological polar surface area (TPSA) is 71.1 Å². The number of rotatable bonds is 6. The zero-order valence-electron chi connectivity index (χ0n) is 12.3. The Bertz CT molecular complexity index is 724. The molecule has 0 radical (unpaired) electrons. The van der Waals surface area contributed by atoms with Crippen LogP contribution in [-0.2, 0) is 23.1 Å². The van der Waals surface area contributed by atoms with E-state index >= 15 is 0 Å². The van der Waals surface area contributed by atoms with Gasteiger partial charge in [0.15, 0.2) is 0 Å². The molecule has 21 heavy (non-hydrogen) atoms. The molecule has 2 aromatic rings. The molecule has 0 fully saturated rings. The van der Waals surface area contributed by atoms with Crippen molar-refractivity contribution in [1.82, 2.24) is 15.0 Å². The zero-order valence-corrected chi connectivity index (χ0v) is 13.9. The number of sulfonamides is 1. The Balaban J connectivity index is 2.15. The largest absolute Gasteiger partial charge is 0.315 e. The molecular weight excluding hydrogens is 306 g/mol. The van der Waals surface area contributed by atoms with Gasteiger partial charge >= 0.3 is 0 Å². The van der Waals surface area contributed by atoms with Crippen molar-refractivity contribution in [2.24, 2.45) is 0 Å². The van der Waals surface area contributed by atoms with Crippen LogP contribution in [0.4, 0.5) is 0 Å². The van der Waals surface area contributed by atoms with Gasteiger partial charge in [0.1, 0.15) is 4.21 Å². The number of thiophene rings is 1. The number of nitrogens with zero attached hydrogens (tertiary/aromatic N) is 1. The monoisotopic (exact) mass is 325 g/mol. The Morgan fingerprint density at radius 1 is 1.24 bits per heavy atom. The fourth-order valence-electron chi connectivity index (χ4n) is 1.90. The van der Waals surface area contributed by atoms with Gasteiger partial charge in [0, 0.05) is 30.4 Å². The summed E-state index contributed by atoms with van der Waals surface area (Å²) in [5.74, 6) is 0. The lowest BCUT2D eigenvalue weighted by Gasteiger charge is -2.07. The van der Waals surface area contributed by atoms with E-state index in [1.807, 2.05) is 27.0 Å². The molecule has 5 nitrogen and oxygen atoms in total. The minimum atomic E-state index is -3.47. The van der Waals surface area contributed by atoms with Crippen LogP contribution in [0.25, 0.3) is 0 Å². The lowest BCUT2D eigenvalue weighted by molar-refractivity contribution is 0.583. The van der Waals surface area contributed by atoms with Crippen LogP contribution >= 0.6 is 11.3 Å². The number of aryl methyl sites for hydroxylation is 2. The number of hydrogen-bond acceptors (Lipinski definition) is 5. The number of pyridine rings is 1. The van der Waals surface area contributed by atoms with Crippen LogP contribution in [0.1, 0.15) is 21.6 Å². The predicted octanol–water partition coefficient (Wildman–Crippen LogP) is 1.96. The summed E-state index contributed by atoms with van der Waals surface area (Å²) in [6.45, 7) is 4.79. The summed E-state index contributed by atoms with van der Waals surface area (Å²) in [6.07, 6.45) is 3.39. The van der Waals surface area contributed by atoms with Gasteiger partial charge in [-0.1, -0.05) is 0 Å². The SMILES string of the molecule is CNCc1sc(S(=O)(=O)NCc2ccncc2C)cc1C. The maximum atomic E-state index is 12.3. The summed E-state index contributed by atoms with van der Waals surface area (Å²) < 4.78 is 27.7. The molecule has 2 aromatic heterocycles. The van der Waals surface area contributed by atoms with Crippen LogP contribution in [-0.4, -0.2) is 20.4 Å². The lowest BCUT2D eigenvalue weighted by Crippen LogP contribution is -2.22. The molecular formula is C14H19N3O2S2. The molecule has 0 aliphatic rings. The van der Waals surface area contributed by atoms with Crippen LogP contribution in [0.15, 0.2) is 28.7 Å². The minimum Gasteiger partial charge on any atom is -0.315 e. The number of nitrogens with one attached hydrogen (secondary N) is 2. The molecule has 0 atom stereocenters. The molecule has 0 bridgehead atoms. The fourth-order valence-corrected chi connectivity index (χ4v) is 4.55. The molecule has 0 saturated carbocycles. The summed E-state index contributed by atoms with van der Waals surface area (Å²) in [5, 5.41) is 3.04. The summed E-state index contributed by atoms with van der Waals surface area (Å²) in [6, 6.07) is 3.54. The van der Waals surface area contributed by atoms with Gasteiger partial charge in [0.25, 0.3) is 0 Å². The van der Waals surface area contributed by atoms with Crippen molar-refractivity contribution in [1.29, 1.82) is 0 Å². The smallest absolute Gasteiger partial charge is 0.250 e. The average Bonchev–Trinajstić information content (AvgIpc) is 2.81. The molecule has 0 aliphatic heterocycles. The van der Waals surface area contributed by atoms with Gasteiger partial charge in [-0.3, -0.25) is 4.98 Å². The van der Waals surface area contributed by atoms with E-state index in [4.69, 9.17) is 0 Å². The second-order valence-corrected chi connectivity index (χ2v) is 7.96. The van der Waals surface area contributed by atoms with Crippen LogP contribution in [0.5, 0.6) is 0 Å². The second kappa shape index (κ2) is 6.65. The van der Waals surface area contributed by atoms with Crippen LogP contribution < -0.4 is 10.0 Å². The van der Waals surface area contributed by atoms with Crippen molar-refractivity contribution in [3.05, 3.63) is 46.1 Å². The third-order valence-corrected chi connectivity index (χ3v) is 6.30. The second-order valence-electron chi connectivity index (χ2n) is 4.83. The molecule has 0 aliphatic carbocycles. The van der Waals surface area contributed by atoms with Gasteiger partial charge < -0.3 is 5.32 Å². The third-order valence-electron chi connectivity index (χ3n) is 3.19. The molecule has 2 N–H and O–H groups in total. The first-order valence-corrected chi connectivity index (χ1v) is 8.87. The third kappa shape index (κ3) is 3.88. The molecule has 0 amide bonds. The molecule has 2 rings (SSSR count). The Kier molecular flexibility index (Phi) is 5.10.